The summed E-state index contributed by atoms with van der Waals surface area (Å²) in [6, 6.07) is 2.48. The van der Waals surface area contributed by atoms with Crippen molar-refractivity contribution in [2.75, 3.05) is 58.0 Å². The smallest absolute Gasteiger partial charge is 0.360 e. The van der Waals surface area contributed by atoms with Crippen molar-refractivity contribution in [1.29, 1.82) is 0 Å². The van der Waals surface area contributed by atoms with Gasteiger partial charge in [-0.25, -0.2) is 9.97 Å². The molecule has 2 aromatic rings. The molecule has 0 bridgehead atoms. The number of hydrogen-bond donors (Lipinski definition) is 3. The van der Waals surface area contributed by atoms with Gasteiger partial charge in [0, 0.05) is 32.6 Å². The summed E-state index contributed by atoms with van der Waals surface area (Å²) in [5.74, 6) is 4.10. The number of likely N-dealkylation sites (N-methyl/N-ethyl adjacent to an activating group) is 2. The van der Waals surface area contributed by atoms with E-state index in [1.165, 1.54) is 36.5 Å². The number of hydrogen-bond acceptors (Lipinski definition) is 8. The van der Waals surface area contributed by atoms with Crippen molar-refractivity contribution >= 4 is 29.3 Å². The van der Waals surface area contributed by atoms with Gasteiger partial charge in [-0.05, 0) is 32.6 Å². The number of unbranched alkanes of at least 4 members (excludes halogenated alkanes) is 1. The van der Waals surface area contributed by atoms with E-state index >= 15 is 0 Å². The molecule has 210 valence electrons. The van der Waals surface area contributed by atoms with Gasteiger partial charge < -0.3 is 25.8 Å². The van der Waals surface area contributed by atoms with Crippen LogP contribution in [0.1, 0.15) is 18.4 Å². The Morgan fingerprint density at radius 2 is 1.90 bits per heavy atom. The van der Waals surface area contributed by atoms with Crippen LogP contribution in [-0.2, 0) is 9.59 Å². The number of amides is 2. The molecule has 10 nitrogen and oxygen atoms in total. The zero-order valence-electron chi connectivity index (χ0n) is 21.8. The Hall–Kier alpha value is -4.25. The number of nitrogens with one attached hydrogen (secondary N) is 3. The Bertz CT molecular complexity index is 1190. The molecule has 0 aromatic carbocycles. The van der Waals surface area contributed by atoms with Gasteiger partial charge in [-0.15, -0.1) is 0 Å². The highest BCUT2D eigenvalue weighted by molar-refractivity contribution is 5.91. The highest BCUT2D eigenvalue weighted by Crippen LogP contribution is 2.20. The summed E-state index contributed by atoms with van der Waals surface area (Å²) >= 11 is 0. The molecule has 2 amide bonds. The number of carbonyl (C=O) groups excluding carboxylic acids is 2. The molecule has 0 fully saturated rings. The van der Waals surface area contributed by atoms with Gasteiger partial charge >= 0.3 is 6.18 Å². The summed E-state index contributed by atoms with van der Waals surface area (Å²) in [6.07, 6.45) is 1.89. The first-order valence-electron chi connectivity index (χ1n) is 11.8. The number of alkyl halides is 3. The molecule has 0 radical (unpaired) electrons. The first-order valence-corrected chi connectivity index (χ1v) is 11.8. The van der Waals surface area contributed by atoms with Crippen molar-refractivity contribution in [2.24, 2.45) is 0 Å². The second-order valence-corrected chi connectivity index (χ2v) is 8.53. The molecule has 3 N–H and O–H groups in total. The predicted molar refractivity (Wildman–Crippen MR) is 139 cm³/mol. The van der Waals surface area contributed by atoms with Gasteiger partial charge in [0.1, 0.15) is 12.4 Å². The second kappa shape index (κ2) is 15.2. The van der Waals surface area contributed by atoms with Gasteiger partial charge in [0.05, 0.1) is 30.2 Å². The molecule has 0 aliphatic carbocycles. The molecule has 14 heteroatoms. The largest absolute Gasteiger partial charge is 0.405 e. The Kier molecular flexibility index (Phi) is 12.1. The van der Waals surface area contributed by atoms with Gasteiger partial charge in [-0.3, -0.25) is 9.59 Å². The quantitative estimate of drug-likeness (QED) is 0.122. The molecule has 0 aliphatic heterocycles. The first-order chi connectivity index (χ1) is 18.4. The lowest BCUT2D eigenvalue weighted by Crippen LogP contribution is -2.38. The minimum atomic E-state index is -4.48. The van der Waals surface area contributed by atoms with E-state index in [2.05, 4.69) is 42.7 Å². The van der Waals surface area contributed by atoms with E-state index in [1.54, 1.807) is 6.08 Å². The number of anilines is 3. The summed E-state index contributed by atoms with van der Waals surface area (Å²) in [4.78, 5) is 38.8. The number of pyridine rings is 1. The van der Waals surface area contributed by atoms with Gasteiger partial charge in [-0.1, -0.05) is 17.9 Å². The molecule has 2 heterocycles. The van der Waals surface area contributed by atoms with Crippen LogP contribution in [0.25, 0.3) is 0 Å². The van der Waals surface area contributed by atoms with E-state index in [-0.39, 0.29) is 35.7 Å². The van der Waals surface area contributed by atoms with E-state index in [0.29, 0.717) is 31.6 Å². The lowest BCUT2D eigenvalue weighted by atomic mass is 10.2. The Labute approximate surface area is 223 Å². The molecular weight excluding hydrogens is 520 g/mol. The third-order valence-corrected chi connectivity index (χ3v) is 4.74. The number of nitrogens with zero attached hydrogens (tertiary/aromatic N) is 5. The fraction of sp³-hybridized carbons (Fsp3) is 0.400. The Morgan fingerprint density at radius 3 is 2.56 bits per heavy atom. The van der Waals surface area contributed by atoms with Crippen molar-refractivity contribution in [2.45, 2.75) is 19.0 Å². The molecule has 0 spiro atoms. The fourth-order valence-corrected chi connectivity index (χ4v) is 2.83. The third kappa shape index (κ3) is 12.7. The summed E-state index contributed by atoms with van der Waals surface area (Å²) in [6.45, 7) is -0.523. The normalized spacial score (nSPS) is 11.2. The van der Waals surface area contributed by atoms with Crippen molar-refractivity contribution in [3.8, 4) is 11.8 Å². The van der Waals surface area contributed by atoms with Crippen LogP contribution in [0, 0.1) is 17.8 Å². The van der Waals surface area contributed by atoms with Crippen LogP contribution in [-0.4, -0.2) is 90.1 Å². The lowest BCUT2D eigenvalue weighted by Gasteiger charge is -2.14. The lowest BCUT2D eigenvalue weighted by molar-refractivity contribution is -0.131. The van der Waals surface area contributed by atoms with E-state index in [0.717, 1.165) is 6.07 Å². The average Bonchev–Trinajstić information content (AvgIpc) is 2.86. The van der Waals surface area contributed by atoms with E-state index < -0.39 is 18.7 Å². The Balaban J connectivity index is 1.89. The summed E-state index contributed by atoms with van der Waals surface area (Å²) in [7, 11) is 5.27. The maximum absolute atomic E-state index is 13.0. The van der Waals surface area contributed by atoms with Gasteiger partial charge in [-0.2, -0.15) is 22.5 Å². The van der Waals surface area contributed by atoms with Gasteiger partial charge in [0.25, 0.3) is 0 Å². The van der Waals surface area contributed by atoms with Crippen molar-refractivity contribution < 1.29 is 27.2 Å². The maximum atomic E-state index is 13.0. The second-order valence-electron chi connectivity index (χ2n) is 8.53. The molecule has 2 rings (SSSR count). The number of rotatable bonds is 12. The van der Waals surface area contributed by atoms with Crippen LogP contribution in [0.4, 0.5) is 35.0 Å². The van der Waals surface area contributed by atoms with Gasteiger partial charge in [0.15, 0.2) is 0 Å². The molecule has 0 aliphatic rings. The highest BCUT2D eigenvalue weighted by atomic mass is 19.4. The number of carbonyl (C=O) groups is 2. The summed E-state index contributed by atoms with van der Waals surface area (Å²) < 4.78 is 51.3. The number of aromatic nitrogens is 3. The topological polar surface area (TPSA) is 115 Å². The van der Waals surface area contributed by atoms with E-state index in [1.807, 2.05) is 19.0 Å². The molecule has 0 saturated heterocycles. The van der Waals surface area contributed by atoms with Crippen LogP contribution in [0.15, 0.2) is 36.7 Å². The third-order valence-electron chi connectivity index (χ3n) is 4.74. The van der Waals surface area contributed by atoms with Crippen LogP contribution in [0.5, 0.6) is 0 Å². The molecule has 2 aromatic heterocycles. The van der Waals surface area contributed by atoms with Gasteiger partial charge in [0.2, 0.25) is 23.7 Å². The molecule has 39 heavy (non-hydrogen) atoms. The van der Waals surface area contributed by atoms with E-state index in [9.17, 15) is 27.2 Å². The van der Waals surface area contributed by atoms with Crippen molar-refractivity contribution in [1.82, 2.24) is 30.1 Å². The first kappa shape index (κ1) is 31.0. The van der Waals surface area contributed by atoms with Crippen molar-refractivity contribution in [3.05, 3.63) is 48.2 Å². The molecule has 0 unspecified atom stereocenters. The van der Waals surface area contributed by atoms with Crippen LogP contribution in [0.3, 0.4) is 0 Å². The van der Waals surface area contributed by atoms with E-state index in [4.69, 9.17) is 0 Å². The standard InChI is InChI=1S/C25H30F4N8O2/c1-36(2)13-7-9-22(39)37(3)16-21(38)30-12-6-4-5-8-18-14-32-24(34-19-10-11-20(26)31-15-19)35-23(18)33-17-25(27,28)29/h7,9-11,14-15H,4,6,12-13,16-17H2,1-3H3,(H,30,38)(H2,32,33,34,35). The summed E-state index contributed by atoms with van der Waals surface area (Å²) in [5, 5.41) is 7.64. The number of halogens is 4. The van der Waals surface area contributed by atoms with Crippen LogP contribution < -0.4 is 16.0 Å². The summed E-state index contributed by atoms with van der Waals surface area (Å²) in [5.41, 5.74) is 0.490. The minimum absolute atomic E-state index is 0.0296. The monoisotopic (exact) mass is 550 g/mol. The average molecular weight is 551 g/mol. The van der Waals surface area contributed by atoms with Crippen LogP contribution >= 0.6 is 0 Å². The molecule has 0 atom stereocenters. The van der Waals surface area contributed by atoms with Crippen LogP contribution in [0.2, 0.25) is 0 Å². The maximum Gasteiger partial charge on any atom is 0.405 e. The fourth-order valence-electron chi connectivity index (χ4n) is 2.83. The molecule has 0 saturated carbocycles. The molecular formula is C25H30F4N8O2. The zero-order chi connectivity index (χ0) is 28.8. The minimum Gasteiger partial charge on any atom is -0.360 e. The van der Waals surface area contributed by atoms with Crippen molar-refractivity contribution in [3.63, 3.8) is 0 Å². The zero-order valence-corrected chi connectivity index (χ0v) is 21.8. The predicted octanol–water partition coefficient (Wildman–Crippen LogP) is 2.55. The highest BCUT2D eigenvalue weighted by Gasteiger charge is 2.27. The SMILES string of the molecule is CN(C)CC=CC(=O)N(C)CC(=O)NCCCC#Cc1cnc(Nc2ccc(F)nc2)nc1NCC(F)(F)F. The Morgan fingerprint density at radius 1 is 1.13 bits per heavy atom.